The highest BCUT2D eigenvalue weighted by molar-refractivity contribution is 6.32. The van der Waals surface area contributed by atoms with Crippen LogP contribution in [0.15, 0.2) is 12.1 Å². The van der Waals surface area contributed by atoms with Gasteiger partial charge in [-0.15, -0.1) is 0 Å². The van der Waals surface area contributed by atoms with E-state index in [1.807, 2.05) is 0 Å². The molecule has 1 aromatic carbocycles. The van der Waals surface area contributed by atoms with E-state index in [2.05, 4.69) is 0 Å². The molecule has 0 fully saturated rings. The van der Waals surface area contributed by atoms with Crippen LogP contribution in [0.2, 0.25) is 5.02 Å². The van der Waals surface area contributed by atoms with Gasteiger partial charge in [0.15, 0.2) is 0 Å². The Labute approximate surface area is 68.4 Å². The molecule has 2 nitrogen and oxygen atoms in total. The smallest absolute Gasteiger partial charge is 0.145 e. The van der Waals surface area contributed by atoms with E-state index >= 15 is 0 Å². The summed E-state index contributed by atoms with van der Waals surface area (Å²) in [5.41, 5.74) is 5.73. The minimum Gasteiger partial charge on any atom is -0.506 e. The number of phenolic OH excluding ortho intramolecular Hbond substituents is 1. The lowest BCUT2D eigenvalue weighted by Crippen LogP contribution is -1.96. The SMILES string of the molecule is NCc1cc(O)c(Cl)c(F)c1. The van der Waals surface area contributed by atoms with Crippen molar-refractivity contribution in [2.75, 3.05) is 0 Å². The minimum atomic E-state index is -0.646. The van der Waals surface area contributed by atoms with Crippen LogP contribution in [0.3, 0.4) is 0 Å². The molecule has 0 bridgehead atoms. The molecule has 0 heterocycles. The van der Waals surface area contributed by atoms with Gasteiger partial charge in [-0.3, -0.25) is 0 Å². The van der Waals surface area contributed by atoms with Crippen molar-refractivity contribution in [2.45, 2.75) is 6.54 Å². The van der Waals surface area contributed by atoms with Gasteiger partial charge in [-0.25, -0.2) is 4.39 Å². The van der Waals surface area contributed by atoms with E-state index in [0.29, 0.717) is 5.56 Å². The zero-order valence-electron chi connectivity index (χ0n) is 5.64. The Morgan fingerprint density at radius 3 is 2.64 bits per heavy atom. The third-order valence-electron chi connectivity index (χ3n) is 1.30. The normalized spacial score (nSPS) is 10.1. The fourth-order valence-electron chi connectivity index (χ4n) is 0.747. The molecular weight excluding hydrogens is 169 g/mol. The van der Waals surface area contributed by atoms with E-state index in [1.165, 1.54) is 12.1 Å². The second kappa shape index (κ2) is 3.07. The van der Waals surface area contributed by atoms with Gasteiger partial charge in [-0.05, 0) is 17.7 Å². The first-order chi connectivity index (χ1) is 5.15. The van der Waals surface area contributed by atoms with Crippen LogP contribution in [0.25, 0.3) is 0 Å². The summed E-state index contributed by atoms with van der Waals surface area (Å²) in [5.74, 6) is -0.917. The first-order valence-electron chi connectivity index (χ1n) is 3.02. The van der Waals surface area contributed by atoms with Gasteiger partial charge in [-0.1, -0.05) is 11.6 Å². The Balaban J connectivity index is 3.21. The molecule has 60 valence electrons. The average molecular weight is 176 g/mol. The lowest BCUT2D eigenvalue weighted by molar-refractivity contribution is 0.468. The Morgan fingerprint density at radius 2 is 2.18 bits per heavy atom. The number of nitrogens with two attached hydrogens (primary N) is 1. The molecule has 0 radical (unpaired) electrons. The zero-order valence-corrected chi connectivity index (χ0v) is 6.40. The van der Waals surface area contributed by atoms with Crippen molar-refractivity contribution in [2.24, 2.45) is 5.73 Å². The van der Waals surface area contributed by atoms with Crippen molar-refractivity contribution in [3.05, 3.63) is 28.5 Å². The summed E-state index contributed by atoms with van der Waals surface area (Å²) in [6.45, 7) is 0.182. The third-order valence-corrected chi connectivity index (χ3v) is 1.68. The van der Waals surface area contributed by atoms with E-state index in [9.17, 15) is 4.39 Å². The van der Waals surface area contributed by atoms with Crippen molar-refractivity contribution >= 4 is 11.6 Å². The molecular formula is C7H7ClFNO. The molecule has 0 atom stereocenters. The first kappa shape index (κ1) is 8.30. The molecule has 0 saturated carbocycles. The molecule has 0 aliphatic carbocycles. The second-order valence-electron chi connectivity index (χ2n) is 2.11. The molecule has 0 unspecified atom stereocenters. The Bertz CT molecular complexity index is 254. The van der Waals surface area contributed by atoms with Crippen LogP contribution in [0.5, 0.6) is 5.75 Å². The van der Waals surface area contributed by atoms with E-state index in [1.54, 1.807) is 0 Å². The number of rotatable bonds is 1. The van der Waals surface area contributed by atoms with Crippen molar-refractivity contribution in [1.82, 2.24) is 0 Å². The molecule has 0 saturated heterocycles. The van der Waals surface area contributed by atoms with Crippen molar-refractivity contribution < 1.29 is 9.50 Å². The average Bonchev–Trinajstić information content (AvgIpc) is 1.99. The van der Waals surface area contributed by atoms with Crippen LogP contribution in [-0.2, 0) is 6.54 Å². The van der Waals surface area contributed by atoms with E-state index in [4.69, 9.17) is 22.4 Å². The highest BCUT2D eigenvalue weighted by Gasteiger charge is 2.06. The summed E-state index contributed by atoms with van der Waals surface area (Å²) in [7, 11) is 0. The number of aromatic hydroxyl groups is 1. The molecule has 1 rings (SSSR count). The minimum absolute atomic E-state index is 0.182. The molecule has 1 aromatic rings. The van der Waals surface area contributed by atoms with Gasteiger partial charge < -0.3 is 10.8 Å². The second-order valence-corrected chi connectivity index (χ2v) is 2.49. The van der Waals surface area contributed by atoms with Gasteiger partial charge in [0.1, 0.15) is 16.6 Å². The van der Waals surface area contributed by atoms with Crippen molar-refractivity contribution in [3.8, 4) is 5.75 Å². The van der Waals surface area contributed by atoms with Crippen LogP contribution in [0, 0.1) is 5.82 Å². The quantitative estimate of drug-likeness (QED) is 0.682. The summed E-state index contributed by atoms with van der Waals surface area (Å²) in [5, 5.41) is 8.72. The Morgan fingerprint density at radius 1 is 1.55 bits per heavy atom. The molecule has 0 aromatic heterocycles. The predicted molar refractivity (Wildman–Crippen MR) is 41.0 cm³/mol. The van der Waals surface area contributed by atoms with Crippen molar-refractivity contribution in [1.29, 1.82) is 0 Å². The molecule has 0 aliphatic heterocycles. The summed E-state index contributed by atoms with van der Waals surface area (Å²) in [6, 6.07) is 2.54. The molecule has 0 aliphatic rings. The molecule has 0 spiro atoms. The topological polar surface area (TPSA) is 46.2 Å². The lowest BCUT2D eigenvalue weighted by atomic mass is 10.2. The van der Waals surface area contributed by atoms with Gasteiger partial charge >= 0.3 is 0 Å². The third kappa shape index (κ3) is 1.61. The summed E-state index contributed by atoms with van der Waals surface area (Å²) < 4.78 is 12.7. The first-order valence-corrected chi connectivity index (χ1v) is 3.40. The molecule has 3 N–H and O–H groups in total. The monoisotopic (exact) mass is 175 g/mol. The lowest BCUT2D eigenvalue weighted by Gasteiger charge is -2.01. The highest BCUT2D eigenvalue weighted by Crippen LogP contribution is 2.27. The summed E-state index contributed by atoms with van der Waals surface area (Å²) in [4.78, 5) is 0. The number of hydrogen-bond acceptors (Lipinski definition) is 2. The Kier molecular flexibility index (Phi) is 2.31. The maximum Gasteiger partial charge on any atom is 0.145 e. The summed E-state index contributed by atoms with van der Waals surface area (Å²) in [6.07, 6.45) is 0. The van der Waals surface area contributed by atoms with Gasteiger partial charge in [0.2, 0.25) is 0 Å². The zero-order chi connectivity index (χ0) is 8.43. The van der Waals surface area contributed by atoms with Gasteiger partial charge in [0.25, 0.3) is 0 Å². The van der Waals surface area contributed by atoms with Gasteiger partial charge in [0.05, 0.1) is 0 Å². The number of phenols is 1. The van der Waals surface area contributed by atoms with E-state index in [-0.39, 0.29) is 17.3 Å². The molecule has 4 heteroatoms. The van der Waals surface area contributed by atoms with Gasteiger partial charge in [-0.2, -0.15) is 0 Å². The van der Waals surface area contributed by atoms with Crippen LogP contribution >= 0.6 is 11.6 Å². The standard InChI is InChI=1S/C7H7ClFNO/c8-7-5(9)1-4(3-10)2-6(7)11/h1-2,11H,3,10H2. The van der Waals surface area contributed by atoms with Gasteiger partial charge in [0, 0.05) is 6.54 Å². The van der Waals surface area contributed by atoms with E-state index < -0.39 is 5.82 Å². The van der Waals surface area contributed by atoms with Crippen molar-refractivity contribution in [3.63, 3.8) is 0 Å². The number of benzene rings is 1. The highest BCUT2D eigenvalue weighted by atomic mass is 35.5. The van der Waals surface area contributed by atoms with Crippen LogP contribution in [0.1, 0.15) is 5.56 Å². The fraction of sp³-hybridized carbons (Fsp3) is 0.143. The predicted octanol–water partition coefficient (Wildman–Crippen LogP) is 1.64. The Hall–Kier alpha value is -0.800. The van der Waals surface area contributed by atoms with E-state index in [0.717, 1.165) is 0 Å². The maximum atomic E-state index is 12.7. The summed E-state index contributed by atoms with van der Waals surface area (Å²) >= 11 is 5.34. The van der Waals surface area contributed by atoms with Crippen LogP contribution in [-0.4, -0.2) is 5.11 Å². The molecule has 0 amide bonds. The largest absolute Gasteiger partial charge is 0.506 e. The number of hydrogen-bond donors (Lipinski definition) is 2. The molecule has 11 heavy (non-hydrogen) atoms. The van der Waals surface area contributed by atoms with Crippen LogP contribution in [0.4, 0.5) is 4.39 Å². The fourth-order valence-corrected chi connectivity index (χ4v) is 0.856. The maximum absolute atomic E-state index is 12.7. The number of halogens is 2. The van der Waals surface area contributed by atoms with Crippen LogP contribution < -0.4 is 5.73 Å².